The lowest BCUT2D eigenvalue weighted by Crippen LogP contribution is -2.40. The van der Waals surface area contributed by atoms with Gasteiger partial charge in [0.25, 0.3) is 0 Å². The normalized spacial score (nSPS) is 13.0. The van der Waals surface area contributed by atoms with E-state index in [1.807, 2.05) is 64.1 Å². The number of carbonyl (C=O) groups excluding carboxylic acids is 4. The standard InChI is InChI=1S/C17H25BrN2O3S2.C11H14BrNO2S2.C6H11NO.H17P15/c1-12(2)20-15(21)13(18)11-17(3,4)16(22)23-9-10-24-25-14-7-5-6-8-19-14;1-11(2,12)10(14)15-7-8-16-17-9-5-3-4-6-13-9;1-4-6(8)7-5(2)3;1-9-13(8)15(12(6)7)14(10(2)3)11(4)5/h5-8,12-13H,9-11H2,1-4H3,(H,20,21);3-6H,7-8H2,1-2H3;4-5H,1H2,2-3H3,(H,7,8);9H,1-8H2. The zero-order valence-corrected chi connectivity index (χ0v) is 59.7. The number of halogens is 2. The third-order valence-electron chi connectivity index (χ3n) is 6.53. The van der Waals surface area contributed by atoms with E-state index in [2.05, 4.69) is 130 Å². The first-order valence-electron chi connectivity index (χ1n) is 19.0. The van der Waals surface area contributed by atoms with E-state index >= 15 is 0 Å². The number of nitrogens with zero attached hydrogens (tertiary/aromatic N) is 2. The highest BCUT2D eigenvalue weighted by Gasteiger charge is 2.35. The summed E-state index contributed by atoms with van der Waals surface area (Å²) in [7, 11) is 32.0. The quantitative estimate of drug-likeness (QED) is 0.0259. The Bertz CT molecular complexity index is 1640. The number of aromatic nitrogens is 2. The fourth-order valence-electron chi connectivity index (χ4n) is 3.69. The van der Waals surface area contributed by atoms with Crippen LogP contribution in [0.2, 0.25) is 0 Å². The van der Waals surface area contributed by atoms with E-state index < -0.39 is 14.6 Å². The first-order chi connectivity index (χ1) is 30.2. The second-order valence-electron chi connectivity index (χ2n) is 14.1. The lowest BCUT2D eigenvalue weighted by Gasteiger charge is -2.38. The van der Waals surface area contributed by atoms with Crippen molar-refractivity contribution in [1.29, 1.82) is 0 Å². The molecule has 0 saturated carbocycles. The molecule has 372 valence electrons. The van der Waals surface area contributed by atoms with E-state index in [1.54, 1.807) is 83.3 Å². The molecular weight excluding hydrogens is 1310 g/mol. The van der Waals surface area contributed by atoms with Crippen LogP contribution in [0.3, 0.4) is 0 Å². The minimum atomic E-state index is -0.735. The zero-order valence-electron chi connectivity index (χ0n) is 37.7. The predicted molar refractivity (Wildman–Crippen MR) is 345 cm³/mol. The topological polar surface area (TPSA) is 137 Å². The smallest absolute Gasteiger partial charge is 0.322 e. The van der Waals surface area contributed by atoms with Gasteiger partial charge in [0.05, 0.1) is 10.2 Å². The molecule has 0 aliphatic rings. The first kappa shape index (κ1) is 71.8. The molecular formula is C34H67Br2N4O6P15S4. The van der Waals surface area contributed by atoms with Crippen molar-refractivity contribution >= 4 is 220 Å². The van der Waals surface area contributed by atoms with E-state index in [9.17, 15) is 19.2 Å². The van der Waals surface area contributed by atoms with E-state index in [4.69, 9.17) is 9.47 Å². The summed E-state index contributed by atoms with van der Waals surface area (Å²) < 4.78 is 9.86. The summed E-state index contributed by atoms with van der Waals surface area (Å²) in [6.45, 7) is 19.7. The monoisotopic (exact) mass is 1380 g/mol. The van der Waals surface area contributed by atoms with Crippen LogP contribution in [-0.4, -0.2) is 79.7 Å². The number of rotatable bonds is 24. The SMILES string of the molecule is C=CC(=O)NC(C)C.CC(C)(Br)C(=O)OCCSSc1ccccn1.CC(C)NC(=O)C(Br)CC(C)(C)C(=O)OCCSSc1ccccn1.PPP(P)P(P(P)P)P(P(P)P)P(P)P. The average Bonchev–Trinajstić information content (AvgIpc) is 3.22. The Kier molecular flexibility index (Phi) is 46.3. The lowest BCUT2D eigenvalue weighted by molar-refractivity contribution is -0.153. The molecule has 12 atom stereocenters. The van der Waals surface area contributed by atoms with E-state index in [-0.39, 0.29) is 77.8 Å². The van der Waals surface area contributed by atoms with Crippen molar-refractivity contribution in [3.05, 3.63) is 61.4 Å². The maximum absolute atomic E-state index is 12.3. The number of esters is 2. The molecule has 2 aromatic heterocycles. The molecule has 0 aliphatic heterocycles. The van der Waals surface area contributed by atoms with Crippen LogP contribution >= 0.6 is 196 Å². The van der Waals surface area contributed by atoms with Crippen LogP contribution in [0.5, 0.6) is 0 Å². The Morgan fingerprint density at radius 2 is 1.20 bits per heavy atom. The van der Waals surface area contributed by atoms with Crippen molar-refractivity contribution in [2.24, 2.45) is 5.41 Å². The molecule has 0 saturated heterocycles. The minimum absolute atomic E-state index is 0.0660. The van der Waals surface area contributed by atoms with Gasteiger partial charge in [-0.1, -0.05) is 80.1 Å². The van der Waals surface area contributed by atoms with Gasteiger partial charge in [0.1, 0.15) is 27.6 Å². The van der Waals surface area contributed by atoms with Crippen molar-refractivity contribution in [2.75, 3.05) is 24.7 Å². The molecule has 31 heteroatoms. The molecule has 0 fully saturated rings. The fraction of sp³-hybridized carbons (Fsp3) is 0.529. The second kappa shape index (κ2) is 41.9. The Balaban J connectivity index is 0. The molecule has 2 N–H and O–H groups in total. The maximum atomic E-state index is 12.3. The van der Waals surface area contributed by atoms with Gasteiger partial charge < -0.3 is 20.1 Å². The summed E-state index contributed by atoms with van der Waals surface area (Å²) in [4.78, 5) is 54.0. The first-order valence-corrected chi connectivity index (χ1v) is 51.9. The Morgan fingerprint density at radius 1 is 0.769 bits per heavy atom. The van der Waals surface area contributed by atoms with Crippen molar-refractivity contribution < 1.29 is 28.7 Å². The predicted octanol–water partition coefficient (Wildman–Crippen LogP) is 16.7. The van der Waals surface area contributed by atoms with Crippen LogP contribution in [0.4, 0.5) is 0 Å². The van der Waals surface area contributed by atoms with Crippen LogP contribution < -0.4 is 10.6 Å². The highest BCUT2D eigenvalue weighted by Crippen LogP contribution is 3.22. The number of nitrogens with one attached hydrogen (secondary N) is 2. The van der Waals surface area contributed by atoms with Gasteiger partial charge in [0.15, 0.2) is 0 Å². The zero-order chi connectivity index (χ0) is 50.3. The molecule has 0 spiro atoms. The van der Waals surface area contributed by atoms with Crippen molar-refractivity contribution in [3.8, 4) is 0 Å². The van der Waals surface area contributed by atoms with Crippen molar-refractivity contribution in [2.45, 2.75) is 93.1 Å². The number of ether oxygens (including phenoxy) is 2. The Labute approximate surface area is 449 Å². The molecule has 12 unspecified atom stereocenters. The summed E-state index contributed by atoms with van der Waals surface area (Å²) in [6, 6.07) is 11.8. The van der Waals surface area contributed by atoms with Gasteiger partial charge in [-0.15, -0.1) is 71.4 Å². The van der Waals surface area contributed by atoms with Crippen LogP contribution in [-0.2, 0) is 28.7 Å². The third kappa shape index (κ3) is 38.0. The lowest BCUT2D eigenvalue weighted by atomic mass is 9.87. The van der Waals surface area contributed by atoms with E-state index in [0.717, 1.165) is 23.8 Å². The maximum Gasteiger partial charge on any atom is 0.322 e. The van der Waals surface area contributed by atoms with E-state index in [1.165, 1.54) is 6.08 Å². The number of alkyl halides is 2. The van der Waals surface area contributed by atoms with Gasteiger partial charge in [-0.3, -0.25) is 19.2 Å². The fourth-order valence-corrected chi connectivity index (χ4v) is 164. The summed E-state index contributed by atoms with van der Waals surface area (Å²) >= 11 is 6.61. The van der Waals surface area contributed by atoms with Crippen molar-refractivity contribution in [1.82, 2.24) is 20.6 Å². The number of pyridine rings is 2. The molecule has 2 rings (SSSR count). The molecule has 0 radical (unpaired) electrons. The number of carbonyl (C=O) groups is 4. The number of hydrogen-bond donors (Lipinski definition) is 2. The summed E-state index contributed by atoms with van der Waals surface area (Å²) in [5.74, 6) is 0.668. The molecule has 2 aromatic rings. The highest BCUT2D eigenvalue weighted by molar-refractivity contribution is 9.28. The molecule has 10 nitrogen and oxygen atoms in total. The van der Waals surface area contributed by atoms with Crippen LogP contribution in [0.1, 0.15) is 61.8 Å². The number of hydrogen-bond acceptors (Lipinski definition) is 12. The van der Waals surface area contributed by atoms with Gasteiger partial charge >= 0.3 is 11.9 Å². The minimum Gasteiger partial charge on any atom is -0.464 e. The average molecular weight is 1380 g/mol. The molecule has 0 aromatic carbocycles. The molecule has 65 heavy (non-hydrogen) atoms. The van der Waals surface area contributed by atoms with Crippen LogP contribution in [0, 0.1) is 5.41 Å². The molecule has 2 heterocycles. The summed E-state index contributed by atoms with van der Waals surface area (Å²) in [5, 5.41) is 7.36. The van der Waals surface area contributed by atoms with Gasteiger partial charge in [-0.25, -0.2) is 9.97 Å². The van der Waals surface area contributed by atoms with E-state index in [0.29, 0.717) is 25.4 Å². The van der Waals surface area contributed by atoms with Gasteiger partial charge in [-0.05, 0) is 156 Å². The van der Waals surface area contributed by atoms with Crippen LogP contribution in [0.25, 0.3) is 0 Å². The molecule has 0 bridgehead atoms. The Hall–Kier alpha value is 4.73. The summed E-state index contributed by atoms with van der Waals surface area (Å²) in [6.07, 6.45) is 5.15. The summed E-state index contributed by atoms with van der Waals surface area (Å²) in [5.41, 5.74) is -0.735. The molecule has 2 amide bonds. The van der Waals surface area contributed by atoms with Crippen molar-refractivity contribution in [3.63, 3.8) is 0 Å². The Morgan fingerprint density at radius 3 is 1.52 bits per heavy atom. The van der Waals surface area contributed by atoms with Gasteiger partial charge in [0.2, 0.25) is 11.8 Å². The molecule has 0 aliphatic carbocycles. The van der Waals surface area contributed by atoms with Gasteiger partial charge in [-0.2, -0.15) is 0 Å². The second-order valence-corrected chi connectivity index (χ2v) is 78.0. The largest absolute Gasteiger partial charge is 0.464 e. The highest BCUT2D eigenvalue weighted by atomic mass is 79.9. The third-order valence-corrected chi connectivity index (χ3v) is 100. The number of amides is 2. The van der Waals surface area contributed by atoms with Gasteiger partial charge in [0, 0.05) is 36.0 Å². The van der Waals surface area contributed by atoms with Crippen LogP contribution in [0.15, 0.2) is 71.5 Å².